The van der Waals surface area contributed by atoms with E-state index in [0.29, 0.717) is 0 Å². The maximum atomic E-state index is 10.2. The second kappa shape index (κ2) is 5.30. The van der Waals surface area contributed by atoms with Gasteiger partial charge in [0.05, 0.1) is 6.61 Å². The molecule has 0 aliphatic heterocycles. The largest absolute Gasteiger partial charge is 0.399 e. The Kier molecular flexibility index (Phi) is 5.11. The van der Waals surface area contributed by atoms with Crippen molar-refractivity contribution >= 4 is 10.4 Å². The van der Waals surface area contributed by atoms with E-state index in [9.17, 15) is 8.42 Å². The molecular formula is C6H12O6S. The van der Waals surface area contributed by atoms with Crippen LogP contribution in [0.15, 0.2) is 12.7 Å². The monoisotopic (exact) mass is 212 g/mol. The highest BCUT2D eigenvalue weighted by Gasteiger charge is 2.22. The van der Waals surface area contributed by atoms with Crippen LogP contribution in [0.1, 0.15) is 6.92 Å². The third kappa shape index (κ3) is 6.67. The van der Waals surface area contributed by atoms with Gasteiger partial charge in [-0.3, -0.25) is 4.55 Å². The fourth-order valence-electron chi connectivity index (χ4n) is 0.530. The summed E-state index contributed by atoms with van der Waals surface area (Å²) < 4.78 is 37.4. The molecule has 0 fully saturated rings. The number of rotatable bonds is 6. The lowest BCUT2D eigenvalue weighted by Crippen LogP contribution is -2.31. The lowest BCUT2D eigenvalue weighted by molar-refractivity contribution is -0.132. The number of hydrogen-bond acceptors (Lipinski definition) is 5. The van der Waals surface area contributed by atoms with Gasteiger partial charge in [-0.2, -0.15) is 8.42 Å². The molecule has 2 unspecified atom stereocenters. The number of aliphatic hydroxyl groups excluding tert-OH is 1. The number of hydrogen-bond donors (Lipinski definition) is 2. The summed E-state index contributed by atoms with van der Waals surface area (Å²) >= 11 is 0. The van der Waals surface area contributed by atoms with E-state index >= 15 is 0 Å². The molecular weight excluding hydrogens is 200 g/mol. The van der Waals surface area contributed by atoms with E-state index in [-0.39, 0.29) is 6.61 Å². The minimum absolute atomic E-state index is 0.00505. The summed E-state index contributed by atoms with van der Waals surface area (Å²) in [5, 5.41) is 8.94. The van der Waals surface area contributed by atoms with E-state index in [4.69, 9.17) is 14.4 Å². The molecule has 2 atom stereocenters. The van der Waals surface area contributed by atoms with E-state index in [0.717, 1.165) is 0 Å². The van der Waals surface area contributed by atoms with Crippen molar-refractivity contribution in [2.24, 2.45) is 0 Å². The molecule has 0 rings (SSSR count). The van der Waals surface area contributed by atoms with Crippen LogP contribution in [0.3, 0.4) is 0 Å². The molecule has 0 saturated carbocycles. The van der Waals surface area contributed by atoms with Crippen LogP contribution in [-0.4, -0.2) is 37.1 Å². The standard InChI is InChI=1S/C6H12O6S/c1-3-4-11-6(5(2)7)12-13(8,9)10/h3,5-7H,1,4H2,2H3,(H,8,9,10). The Bertz CT molecular complexity index is 244. The lowest BCUT2D eigenvalue weighted by Gasteiger charge is -2.17. The maximum Gasteiger partial charge on any atom is 0.399 e. The van der Waals surface area contributed by atoms with Gasteiger partial charge in [-0.1, -0.05) is 6.08 Å². The van der Waals surface area contributed by atoms with Crippen LogP contribution >= 0.6 is 0 Å². The molecule has 78 valence electrons. The molecule has 0 aromatic rings. The first-order chi connectivity index (χ1) is 5.87. The van der Waals surface area contributed by atoms with Gasteiger partial charge in [0.1, 0.15) is 6.10 Å². The average molecular weight is 212 g/mol. The summed E-state index contributed by atoms with van der Waals surface area (Å²) in [6.07, 6.45) is -1.25. The zero-order valence-electron chi connectivity index (χ0n) is 7.08. The van der Waals surface area contributed by atoms with E-state index in [1.165, 1.54) is 13.0 Å². The minimum atomic E-state index is -4.62. The lowest BCUT2D eigenvalue weighted by atomic mass is 10.4. The molecule has 0 aliphatic rings. The fraction of sp³-hybridized carbons (Fsp3) is 0.667. The van der Waals surface area contributed by atoms with Crippen molar-refractivity contribution in [1.29, 1.82) is 0 Å². The SMILES string of the molecule is C=CCOC(OS(=O)(=O)O)C(C)O. The molecule has 0 aromatic carbocycles. The fourth-order valence-corrected chi connectivity index (χ4v) is 0.986. The molecule has 2 N–H and O–H groups in total. The molecule has 13 heavy (non-hydrogen) atoms. The molecule has 0 radical (unpaired) electrons. The zero-order valence-corrected chi connectivity index (χ0v) is 7.90. The smallest absolute Gasteiger partial charge is 0.388 e. The molecule has 0 aliphatic carbocycles. The number of aliphatic hydroxyl groups is 1. The van der Waals surface area contributed by atoms with E-state index in [1.54, 1.807) is 0 Å². The van der Waals surface area contributed by atoms with Gasteiger partial charge < -0.3 is 9.84 Å². The third-order valence-electron chi connectivity index (χ3n) is 0.989. The summed E-state index contributed by atoms with van der Waals surface area (Å²) in [7, 11) is -4.62. The van der Waals surface area contributed by atoms with Crippen LogP contribution in [0, 0.1) is 0 Å². The highest BCUT2D eigenvalue weighted by molar-refractivity contribution is 7.80. The highest BCUT2D eigenvalue weighted by atomic mass is 32.3. The normalized spacial score (nSPS) is 16.5. The quantitative estimate of drug-likeness (QED) is 0.357. The van der Waals surface area contributed by atoms with Crippen LogP contribution < -0.4 is 0 Å². The Morgan fingerprint density at radius 1 is 1.62 bits per heavy atom. The summed E-state index contributed by atoms with van der Waals surface area (Å²) in [5.41, 5.74) is 0. The van der Waals surface area contributed by atoms with Crippen molar-refractivity contribution in [3.05, 3.63) is 12.7 Å². The molecule has 0 saturated heterocycles. The van der Waals surface area contributed by atoms with Crippen LogP contribution in [0.2, 0.25) is 0 Å². The summed E-state index contributed by atoms with van der Waals surface area (Å²) in [5.74, 6) is 0. The van der Waals surface area contributed by atoms with Crippen LogP contribution in [0.25, 0.3) is 0 Å². The first-order valence-electron chi connectivity index (χ1n) is 3.43. The molecule has 7 heteroatoms. The van der Waals surface area contributed by atoms with Crippen molar-refractivity contribution in [3.63, 3.8) is 0 Å². The zero-order chi connectivity index (χ0) is 10.5. The molecule has 0 aromatic heterocycles. The van der Waals surface area contributed by atoms with Gasteiger partial charge in [0.15, 0.2) is 0 Å². The third-order valence-corrected chi connectivity index (χ3v) is 1.42. The minimum Gasteiger partial charge on any atom is -0.388 e. The van der Waals surface area contributed by atoms with Crippen LogP contribution in [0.4, 0.5) is 0 Å². The van der Waals surface area contributed by atoms with Crippen molar-refractivity contribution in [2.75, 3.05) is 6.61 Å². The topological polar surface area (TPSA) is 93.1 Å². The van der Waals surface area contributed by atoms with Gasteiger partial charge in [0.25, 0.3) is 0 Å². The Hall–Kier alpha value is -0.470. The van der Waals surface area contributed by atoms with Gasteiger partial charge in [-0.15, -0.1) is 6.58 Å². The van der Waals surface area contributed by atoms with Gasteiger partial charge in [0, 0.05) is 0 Å². The summed E-state index contributed by atoms with van der Waals surface area (Å²) in [6, 6.07) is 0. The second-order valence-electron chi connectivity index (χ2n) is 2.25. The van der Waals surface area contributed by atoms with Crippen molar-refractivity contribution < 1.29 is 27.0 Å². The molecule has 6 nitrogen and oxygen atoms in total. The molecule has 0 bridgehead atoms. The van der Waals surface area contributed by atoms with Gasteiger partial charge in [-0.05, 0) is 6.92 Å². The van der Waals surface area contributed by atoms with Crippen LogP contribution in [-0.2, 0) is 19.3 Å². The second-order valence-corrected chi connectivity index (χ2v) is 3.30. The van der Waals surface area contributed by atoms with Gasteiger partial charge in [0.2, 0.25) is 6.29 Å². The predicted molar refractivity (Wildman–Crippen MR) is 44.3 cm³/mol. The van der Waals surface area contributed by atoms with E-state index in [2.05, 4.69) is 10.8 Å². The highest BCUT2D eigenvalue weighted by Crippen LogP contribution is 2.04. The Labute approximate surface area is 76.7 Å². The Morgan fingerprint density at radius 2 is 2.15 bits per heavy atom. The van der Waals surface area contributed by atoms with E-state index < -0.39 is 22.8 Å². The summed E-state index contributed by atoms with van der Waals surface area (Å²) in [4.78, 5) is 0. The van der Waals surface area contributed by atoms with Crippen LogP contribution in [0.5, 0.6) is 0 Å². The first-order valence-corrected chi connectivity index (χ1v) is 4.79. The average Bonchev–Trinajstić information content (AvgIpc) is 1.95. The maximum absolute atomic E-state index is 10.2. The van der Waals surface area contributed by atoms with E-state index in [1.807, 2.05) is 0 Å². The van der Waals surface area contributed by atoms with Gasteiger partial charge >= 0.3 is 10.4 Å². The number of ether oxygens (including phenoxy) is 1. The van der Waals surface area contributed by atoms with Gasteiger partial charge in [-0.25, -0.2) is 4.18 Å². The Balaban J connectivity index is 4.18. The molecule has 0 spiro atoms. The predicted octanol–water partition coefficient (Wildman–Crippen LogP) is -0.285. The summed E-state index contributed by atoms with van der Waals surface area (Å²) in [6.45, 7) is 4.58. The Morgan fingerprint density at radius 3 is 2.46 bits per heavy atom. The van der Waals surface area contributed by atoms with Crippen molar-refractivity contribution in [2.45, 2.75) is 19.3 Å². The molecule has 0 heterocycles. The first kappa shape index (κ1) is 12.5. The van der Waals surface area contributed by atoms with Crippen molar-refractivity contribution in [3.8, 4) is 0 Å². The van der Waals surface area contributed by atoms with Crippen molar-refractivity contribution in [1.82, 2.24) is 0 Å². The molecule has 0 amide bonds.